The highest BCUT2D eigenvalue weighted by atomic mass is 16.5. The Morgan fingerprint density at radius 2 is 1.87 bits per heavy atom. The van der Waals surface area contributed by atoms with Crippen molar-refractivity contribution in [1.29, 1.82) is 0 Å². The average Bonchev–Trinajstić information content (AvgIpc) is 3.19. The molecule has 31 heavy (non-hydrogen) atoms. The van der Waals surface area contributed by atoms with Crippen LogP contribution in [0.3, 0.4) is 0 Å². The summed E-state index contributed by atoms with van der Waals surface area (Å²) in [5.74, 6) is 3.68. The van der Waals surface area contributed by atoms with Crippen molar-refractivity contribution in [3.63, 3.8) is 0 Å². The Labute approximate surface area is 183 Å². The number of carbonyl (C=O) groups excluding carboxylic acids is 1. The zero-order chi connectivity index (χ0) is 21.8. The summed E-state index contributed by atoms with van der Waals surface area (Å²) in [5, 5.41) is 4.69. The standard InChI is InChI=1S/C24H32N4O3/c1-16-25-15-28(26-16)24-11-18-7-19(12-24)10-23(9-18,14-24)22(29)27(2)13-17-5-6-20(30-3)21(8-17)31-4/h5-6,8,15,18-19H,7,9-14H2,1-4H3/t18-,19+,23?,24?. The molecule has 1 heterocycles. The normalized spacial score (nSPS) is 31.0. The number of carbonyl (C=O) groups is 1. The fraction of sp³-hybridized carbons (Fsp3) is 0.625. The van der Waals surface area contributed by atoms with Crippen LogP contribution in [-0.2, 0) is 16.9 Å². The van der Waals surface area contributed by atoms with E-state index in [1.165, 1.54) is 6.42 Å². The molecule has 4 fully saturated rings. The van der Waals surface area contributed by atoms with Gasteiger partial charge in [-0.3, -0.25) is 4.79 Å². The van der Waals surface area contributed by atoms with Gasteiger partial charge in [-0.1, -0.05) is 6.07 Å². The van der Waals surface area contributed by atoms with E-state index in [1.54, 1.807) is 14.2 Å². The van der Waals surface area contributed by atoms with Crippen LogP contribution in [-0.4, -0.2) is 46.8 Å². The molecule has 4 atom stereocenters. The lowest BCUT2D eigenvalue weighted by atomic mass is 9.46. The van der Waals surface area contributed by atoms with Crippen molar-refractivity contribution in [1.82, 2.24) is 19.7 Å². The summed E-state index contributed by atoms with van der Waals surface area (Å²) in [7, 11) is 5.20. The van der Waals surface area contributed by atoms with Crippen LogP contribution in [0.1, 0.15) is 49.9 Å². The third kappa shape index (κ3) is 3.29. The number of amides is 1. The van der Waals surface area contributed by atoms with Gasteiger partial charge in [-0.25, -0.2) is 9.67 Å². The Kier molecular flexibility index (Phi) is 4.75. The molecule has 0 radical (unpaired) electrons. The summed E-state index contributed by atoms with van der Waals surface area (Å²) in [5.41, 5.74) is 0.709. The Morgan fingerprint density at radius 3 is 2.48 bits per heavy atom. The van der Waals surface area contributed by atoms with Gasteiger partial charge in [0.05, 0.1) is 25.2 Å². The number of aryl methyl sites for hydroxylation is 1. The van der Waals surface area contributed by atoms with Gasteiger partial charge in [-0.15, -0.1) is 0 Å². The highest BCUT2D eigenvalue weighted by Gasteiger charge is 2.62. The van der Waals surface area contributed by atoms with Crippen LogP contribution in [0.2, 0.25) is 0 Å². The van der Waals surface area contributed by atoms with Crippen molar-refractivity contribution < 1.29 is 14.3 Å². The lowest BCUT2D eigenvalue weighted by molar-refractivity contribution is -0.166. The summed E-state index contributed by atoms with van der Waals surface area (Å²) in [4.78, 5) is 20.2. The largest absolute Gasteiger partial charge is 0.493 e. The monoisotopic (exact) mass is 424 g/mol. The van der Waals surface area contributed by atoms with E-state index in [0.29, 0.717) is 29.9 Å². The molecule has 1 aromatic carbocycles. The summed E-state index contributed by atoms with van der Waals surface area (Å²) < 4.78 is 12.9. The van der Waals surface area contributed by atoms with Crippen LogP contribution in [0, 0.1) is 24.2 Å². The lowest BCUT2D eigenvalue weighted by Gasteiger charge is -2.61. The molecule has 4 aliphatic rings. The molecule has 0 aliphatic heterocycles. The predicted octanol–water partition coefficient (Wildman–Crippen LogP) is 3.56. The molecule has 7 nitrogen and oxygen atoms in total. The molecule has 0 saturated heterocycles. The zero-order valence-electron chi connectivity index (χ0n) is 18.9. The predicted molar refractivity (Wildman–Crippen MR) is 116 cm³/mol. The van der Waals surface area contributed by atoms with E-state index in [4.69, 9.17) is 14.6 Å². The summed E-state index contributed by atoms with van der Waals surface area (Å²) in [6.07, 6.45) is 8.28. The van der Waals surface area contributed by atoms with E-state index in [1.807, 2.05) is 43.4 Å². The first-order valence-corrected chi connectivity index (χ1v) is 11.2. The third-order valence-electron chi connectivity index (χ3n) is 7.79. The number of ether oxygens (including phenoxy) is 2. The number of nitrogens with zero attached hydrogens (tertiary/aromatic N) is 4. The van der Waals surface area contributed by atoms with E-state index >= 15 is 0 Å². The highest BCUT2D eigenvalue weighted by Crippen LogP contribution is 2.64. The first-order chi connectivity index (χ1) is 14.9. The van der Waals surface area contributed by atoms with Crippen molar-refractivity contribution in [2.45, 2.75) is 57.5 Å². The van der Waals surface area contributed by atoms with Gasteiger partial charge in [0.2, 0.25) is 5.91 Å². The zero-order valence-corrected chi connectivity index (χ0v) is 18.9. The van der Waals surface area contributed by atoms with Gasteiger partial charge in [0.1, 0.15) is 12.2 Å². The molecule has 2 unspecified atom stereocenters. The first-order valence-electron chi connectivity index (χ1n) is 11.2. The molecule has 0 N–H and O–H groups in total. The van der Waals surface area contributed by atoms with Crippen molar-refractivity contribution in [3.8, 4) is 11.5 Å². The molecule has 166 valence electrons. The van der Waals surface area contributed by atoms with Gasteiger partial charge in [-0.2, -0.15) is 5.10 Å². The molecule has 2 aromatic rings. The van der Waals surface area contributed by atoms with Crippen molar-refractivity contribution in [2.75, 3.05) is 21.3 Å². The van der Waals surface area contributed by atoms with Gasteiger partial charge in [0, 0.05) is 13.6 Å². The second kappa shape index (κ2) is 7.24. The molecule has 1 amide bonds. The molecule has 4 saturated carbocycles. The van der Waals surface area contributed by atoms with Crippen molar-refractivity contribution in [2.24, 2.45) is 17.3 Å². The maximum atomic E-state index is 13.9. The molecule has 6 rings (SSSR count). The molecule has 7 heteroatoms. The lowest BCUT2D eigenvalue weighted by Crippen LogP contribution is -2.61. The van der Waals surface area contributed by atoms with Gasteiger partial charge in [0.25, 0.3) is 0 Å². The number of hydrogen-bond acceptors (Lipinski definition) is 5. The van der Waals surface area contributed by atoms with Crippen LogP contribution in [0.5, 0.6) is 11.5 Å². The van der Waals surface area contributed by atoms with Gasteiger partial charge in [0.15, 0.2) is 11.5 Å². The molecular weight excluding hydrogens is 392 g/mol. The van der Waals surface area contributed by atoms with Crippen LogP contribution < -0.4 is 9.47 Å². The van der Waals surface area contributed by atoms with E-state index in [-0.39, 0.29) is 16.9 Å². The Hall–Kier alpha value is -2.57. The third-order valence-corrected chi connectivity index (χ3v) is 7.79. The highest BCUT2D eigenvalue weighted by molar-refractivity contribution is 5.83. The molecule has 4 aliphatic carbocycles. The van der Waals surface area contributed by atoms with Crippen LogP contribution in [0.25, 0.3) is 0 Å². The topological polar surface area (TPSA) is 69.5 Å². The Balaban J connectivity index is 1.40. The molecule has 0 spiro atoms. The van der Waals surface area contributed by atoms with Crippen LogP contribution in [0.15, 0.2) is 24.5 Å². The molecule has 4 bridgehead atoms. The van der Waals surface area contributed by atoms with E-state index < -0.39 is 0 Å². The minimum absolute atomic E-state index is 0.0504. The number of aromatic nitrogens is 3. The molecule has 1 aromatic heterocycles. The van der Waals surface area contributed by atoms with Crippen molar-refractivity contribution >= 4 is 5.91 Å². The minimum Gasteiger partial charge on any atom is -0.493 e. The number of hydrogen-bond donors (Lipinski definition) is 0. The minimum atomic E-state index is -0.282. The fourth-order valence-corrected chi connectivity index (χ4v) is 7.04. The Morgan fingerprint density at radius 1 is 1.16 bits per heavy atom. The number of methoxy groups -OCH3 is 2. The van der Waals surface area contributed by atoms with Crippen molar-refractivity contribution in [3.05, 3.63) is 35.9 Å². The number of benzene rings is 1. The van der Waals surface area contributed by atoms with Gasteiger partial charge < -0.3 is 14.4 Å². The Bertz CT molecular complexity index is 986. The maximum absolute atomic E-state index is 13.9. The summed E-state index contributed by atoms with van der Waals surface area (Å²) in [6, 6.07) is 5.87. The second-order valence-electron chi connectivity index (χ2n) is 10.1. The average molecular weight is 425 g/mol. The van der Waals surface area contributed by atoms with E-state index in [2.05, 4.69) is 9.67 Å². The van der Waals surface area contributed by atoms with E-state index in [0.717, 1.165) is 43.5 Å². The fourth-order valence-electron chi connectivity index (χ4n) is 7.04. The van der Waals surface area contributed by atoms with Gasteiger partial charge in [-0.05, 0) is 75.0 Å². The smallest absolute Gasteiger partial charge is 0.228 e. The molecular formula is C24H32N4O3. The quantitative estimate of drug-likeness (QED) is 0.709. The van der Waals surface area contributed by atoms with Crippen LogP contribution in [0.4, 0.5) is 0 Å². The summed E-state index contributed by atoms with van der Waals surface area (Å²) >= 11 is 0. The SMILES string of the molecule is COc1ccc(CN(C)C(=O)C23C[C@H]4C[C@@H](C2)CC(n2cnc(C)n2)(C4)C3)cc1OC. The first kappa shape index (κ1) is 20.3. The van der Waals surface area contributed by atoms with Crippen LogP contribution >= 0.6 is 0 Å². The summed E-state index contributed by atoms with van der Waals surface area (Å²) in [6.45, 7) is 2.50. The van der Waals surface area contributed by atoms with Gasteiger partial charge >= 0.3 is 0 Å². The maximum Gasteiger partial charge on any atom is 0.228 e. The van der Waals surface area contributed by atoms with E-state index in [9.17, 15) is 4.79 Å². The number of rotatable bonds is 6. The second-order valence-corrected chi connectivity index (χ2v) is 10.1.